The molecule has 0 spiro atoms. The predicted molar refractivity (Wildman–Crippen MR) is 116 cm³/mol. The maximum absolute atomic E-state index is 12.7. The first-order valence-corrected chi connectivity index (χ1v) is 10.8. The Labute approximate surface area is 173 Å². The summed E-state index contributed by atoms with van der Waals surface area (Å²) in [6.07, 6.45) is 2.29. The molecule has 2 amide bonds. The molecule has 0 unspecified atom stereocenters. The van der Waals surface area contributed by atoms with Crippen molar-refractivity contribution in [3.8, 4) is 5.75 Å². The van der Waals surface area contributed by atoms with Gasteiger partial charge in [0.1, 0.15) is 5.75 Å². The molecule has 150 valence electrons. The maximum Gasteiger partial charge on any atom is 0.415 e. The van der Waals surface area contributed by atoms with Crippen molar-refractivity contribution in [2.75, 3.05) is 31.1 Å². The molecule has 3 aromatic rings. The zero-order valence-corrected chi connectivity index (χ0v) is 16.8. The van der Waals surface area contributed by atoms with Crippen molar-refractivity contribution >= 4 is 34.7 Å². The summed E-state index contributed by atoms with van der Waals surface area (Å²) in [5.41, 5.74) is 2.61. The lowest BCUT2D eigenvalue weighted by Gasteiger charge is -2.25. The van der Waals surface area contributed by atoms with Crippen molar-refractivity contribution in [1.82, 2.24) is 15.2 Å². The molecule has 1 fully saturated rings. The van der Waals surface area contributed by atoms with Crippen LogP contribution < -0.4 is 10.1 Å². The molecule has 6 nitrogen and oxygen atoms in total. The highest BCUT2D eigenvalue weighted by molar-refractivity contribution is 7.99. The highest BCUT2D eigenvalue weighted by Gasteiger charge is 2.21. The quantitative estimate of drug-likeness (QED) is 0.674. The van der Waals surface area contributed by atoms with Crippen molar-refractivity contribution < 1.29 is 14.3 Å². The number of nitrogens with zero attached hydrogens (tertiary/aromatic N) is 1. The molecule has 1 aliphatic rings. The smallest absolute Gasteiger partial charge is 0.409 e. The predicted octanol–water partition coefficient (Wildman–Crippen LogP) is 3.69. The molecule has 0 aliphatic carbocycles. The van der Waals surface area contributed by atoms with Crippen LogP contribution in [0.1, 0.15) is 15.9 Å². The Kier molecular flexibility index (Phi) is 6.05. The number of aromatic amines is 1. The van der Waals surface area contributed by atoms with Crippen LogP contribution in [0.2, 0.25) is 0 Å². The molecule has 2 aromatic carbocycles. The molecule has 0 bridgehead atoms. The highest BCUT2D eigenvalue weighted by Crippen LogP contribution is 2.21. The number of thioether (sulfide) groups is 1. The number of rotatable bonds is 5. The van der Waals surface area contributed by atoms with E-state index < -0.39 is 6.09 Å². The second-order valence-electron chi connectivity index (χ2n) is 6.83. The van der Waals surface area contributed by atoms with E-state index >= 15 is 0 Å². The van der Waals surface area contributed by atoms with E-state index in [1.807, 2.05) is 36.2 Å². The van der Waals surface area contributed by atoms with Crippen LogP contribution in [0.25, 0.3) is 10.9 Å². The maximum atomic E-state index is 12.7. The van der Waals surface area contributed by atoms with E-state index in [1.165, 1.54) is 0 Å². The van der Waals surface area contributed by atoms with Crippen LogP contribution in [0.3, 0.4) is 0 Å². The van der Waals surface area contributed by atoms with Gasteiger partial charge in [-0.05, 0) is 30.2 Å². The number of hydrogen-bond acceptors (Lipinski definition) is 4. The standard InChI is InChI=1S/C22H23N3O3S/c26-21(23-10-9-16-15-24-19-7-3-1-5-17(16)19)18-6-2-4-8-20(18)28-22(27)25-11-13-29-14-12-25/h1-8,15,24H,9-14H2,(H,23,26). The number of fused-ring (bicyclic) bond motifs is 1. The summed E-state index contributed by atoms with van der Waals surface area (Å²) in [6, 6.07) is 15.0. The number of carbonyl (C=O) groups is 2. The van der Waals surface area contributed by atoms with Crippen LogP contribution >= 0.6 is 11.8 Å². The first-order chi connectivity index (χ1) is 14.2. The van der Waals surface area contributed by atoms with Gasteiger partial charge in [-0.1, -0.05) is 30.3 Å². The molecule has 7 heteroatoms. The molecular weight excluding hydrogens is 386 g/mol. The number of ether oxygens (including phenoxy) is 1. The van der Waals surface area contributed by atoms with Crippen LogP contribution in [-0.2, 0) is 6.42 Å². The van der Waals surface area contributed by atoms with Crippen molar-refractivity contribution in [3.05, 3.63) is 65.9 Å². The Morgan fingerprint density at radius 2 is 1.83 bits per heavy atom. The summed E-state index contributed by atoms with van der Waals surface area (Å²) in [5, 5.41) is 4.10. The minimum absolute atomic E-state index is 0.248. The second kappa shape index (κ2) is 9.05. The Bertz CT molecular complexity index is 1010. The molecule has 2 N–H and O–H groups in total. The van der Waals surface area contributed by atoms with E-state index in [9.17, 15) is 9.59 Å². The number of H-pyrrole nitrogens is 1. The van der Waals surface area contributed by atoms with Crippen LogP contribution in [0.5, 0.6) is 5.75 Å². The zero-order valence-electron chi connectivity index (χ0n) is 16.0. The lowest BCUT2D eigenvalue weighted by molar-refractivity contribution is 0.0950. The van der Waals surface area contributed by atoms with Crippen LogP contribution in [0.4, 0.5) is 4.79 Å². The average Bonchev–Trinajstić information content (AvgIpc) is 3.18. The molecule has 0 radical (unpaired) electrons. The number of para-hydroxylation sites is 2. The Balaban J connectivity index is 1.37. The molecular formula is C22H23N3O3S. The van der Waals surface area contributed by atoms with Gasteiger partial charge in [-0.25, -0.2) is 4.79 Å². The van der Waals surface area contributed by atoms with E-state index in [1.54, 1.807) is 29.2 Å². The molecule has 1 saturated heterocycles. The minimum atomic E-state index is -0.399. The summed E-state index contributed by atoms with van der Waals surface area (Å²) >= 11 is 1.82. The van der Waals surface area contributed by atoms with E-state index in [0.29, 0.717) is 37.4 Å². The molecule has 0 atom stereocenters. The minimum Gasteiger partial charge on any atom is -0.409 e. The fourth-order valence-electron chi connectivity index (χ4n) is 3.39. The van der Waals surface area contributed by atoms with Gasteiger partial charge in [0.15, 0.2) is 0 Å². The van der Waals surface area contributed by atoms with Crippen LogP contribution in [0, 0.1) is 0 Å². The summed E-state index contributed by atoms with van der Waals surface area (Å²) < 4.78 is 5.53. The van der Waals surface area contributed by atoms with E-state index in [2.05, 4.69) is 16.4 Å². The van der Waals surface area contributed by atoms with Crippen LogP contribution in [-0.4, -0.2) is 53.0 Å². The Morgan fingerprint density at radius 3 is 2.69 bits per heavy atom. The lowest BCUT2D eigenvalue weighted by Crippen LogP contribution is -2.40. The van der Waals surface area contributed by atoms with Gasteiger partial charge in [0.25, 0.3) is 5.91 Å². The molecule has 29 heavy (non-hydrogen) atoms. The first-order valence-electron chi connectivity index (χ1n) is 9.69. The van der Waals surface area contributed by atoms with Gasteiger partial charge in [-0.15, -0.1) is 0 Å². The third kappa shape index (κ3) is 4.56. The lowest BCUT2D eigenvalue weighted by atomic mass is 10.1. The third-order valence-electron chi connectivity index (χ3n) is 4.95. The fourth-order valence-corrected chi connectivity index (χ4v) is 4.30. The van der Waals surface area contributed by atoms with Gasteiger partial charge in [0.05, 0.1) is 5.56 Å². The number of benzene rings is 2. The largest absolute Gasteiger partial charge is 0.415 e. The second-order valence-corrected chi connectivity index (χ2v) is 8.05. The topological polar surface area (TPSA) is 74.4 Å². The summed E-state index contributed by atoms with van der Waals surface area (Å²) in [6.45, 7) is 1.83. The number of aromatic nitrogens is 1. The number of amides is 2. The van der Waals surface area contributed by atoms with Gasteiger partial charge < -0.3 is 19.9 Å². The normalized spacial score (nSPS) is 14.0. The first kappa shape index (κ1) is 19.4. The molecule has 4 rings (SSSR count). The fraction of sp³-hybridized carbons (Fsp3) is 0.273. The van der Waals surface area contributed by atoms with Gasteiger partial charge in [-0.3, -0.25) is 4.79 Å². The molecule has 2 heterocycles. The van der Waals surface area contributed by atoms with Crippen molar-refractivity contribution in [1.29, 1.82) is 0 Å². The van der Waals surface area contributed by atoms with Crippen molar-refractivity contribution in [3.63, 3.8) is 0 Å². The van der Waals surface area contributed by atoms with Crippen LogP contribution in [0.15, 0.2) is 54.7 Å². The molecule has 0 saturated carbocycles. The van der Waals surface area contributed by atoms with Crippen molar-refractivity contribution in [2.45, 2.75) is 6.42 Å². The van der Waals surface area contributed by atoms with E-state index in [-0.39, 0.29) is 5.91 Å². The monoisotopic (exact) mass is 409 g/mol. The van der Waals surface area contributed by atoms with E-state index in [4.69, 9.17) is 4.74 Å². The SMILES string of the molecule is O=C(NCCc1c[nH]c2ccccc12)c1ccccc1OC(=O)N1CCSCC1. The van der Waals surface area contributed by atoms with Gasteiger partial charge in [0, 0.05) is 48.2 Å². The van der Waals surface area contributed by atoms with Gasteiger partial charge >= 0.3 is 6.09 Å². The summed E-state index contributed by atoms with van der Waals surface area (Å²) in [5.74, 6) is 1.86. The number of nitrogens with one attached hydrogen (secondary N) is 2. The Hall–Kier alpha value is -2.93. The summed E-state index contributed by atoms with van der Waals surface area (Å²) in [4.78, 5) is 30.0. The highest BCUT2D eigenvalue weighted by atomic mass is 32.2. The van der Waals surface area contributed by atoms with Gasteiger partial charge in [-0.2, -0.15) is 11.8 Å². The number of carbonyl (C=O) groups excluding carboxylic acids is 2. The number of hydrogen-bond donors (Lipinski definition) is 2. The zero-order chi connectivity index (χ0) is 20.1. The van der Waals surface area contributed by atoms with Crippen molar-refractivity contribution in [2.24, 2.45) is 0 Å². The average molecular weight is 410 g/mol. The van der Waals surface area contributed by atoms with E-state index in [0.717, 1.165) is 28.0 Å². The Morgan fingerprint density at radius 1 is 1.07 bits per heavy atom. The summed E-state index contributed by atoms with van der Waals surface area (Å²) in [7, 11) is 0. The van der Waals surface area contributed by atoms with Gasteiger partial charge in [0.2, 0.25) is 0 Å². The molecule has 1 aliphatic heterocycles. The molecule has 1 aromatic heterocycles. The third-order valence-corrected chi connectivity index (χ3v) is 5.90.